The number of piperidine rings is 1. The molecular formula is C36H44N4O5. The van der Waals surface area contributed by atoms with E-state index in [1.165, 1.54) is 19.4 Å². The average molecular weight is 613 g/mol. The molecule has 3 atom stereocenters. The first-order valence-electron chi connectivity index (χ1n) is 15.7. The lowest BCUT2D eigenvalue weighted by Crippen LogP contribution is -2.51. The van der Waals surface area contributed by atoms with E-state index in [0.29, 0.717) is 41.4 Å². The van der Waals surface area contributed by atoms with Crippen molar-refractivity contribution in [1.29, 1.82) is 0 Å². The van der Waals surface area contributed by atoms with Crippen LogP contribution in [0.4, 0.5) is 21.0 Å². The molecule has 3 N–H and O–H groups in total. The zero-order chi connectivity index (χ0) is 32.2. The number of carbonyl (C=O) groups is 4. The zero-order valence-corrected chi connectivity index (χ0v) is 26.4. The highest BCUT2D eigenvalue weighted by Crippen LogP contribution is 2.30. The van der Waals surface area contributed by atoms with E-state index in [2.05, 4.69) is 45.1 Å². The molecule has 0 saturated carbocycles. The first-order chi connectivity index (χ1) is 21.7. The van der Waals surface area contributed by atoms with Crippen LogP contribution >= 0.6 is 0 Å². The van der Waals surface area contributed by atoms with E-state index in [4.69, 9.17) is 4.74 Å². The highest BCUT2D eigenvalue weighted by Gasteiger charge is 2.35. The maximum Gasteiger partial charge on any atom is 0.411 e. The Morgan fingerprint density at radius 2 is 1.51 bits per heavy atom. The lowest BCUT2D eigenvalue weighted by molar-refractivity contribution is -0.00131. The monoisotopic (exact) mass is 612 g/mol. The lowest BCUT2D eigenvalue weighted by Gasteiger charge is -2.43. The van der Waals surface area contributed by atoms with Crippen molar-refractivity contribution in [1.82, 2.24) is 10.2 Å². The molecule has 1 saturated heterocycles. The molecule has 0 spiro atoms. The molecule has 1 aliphatic rings. The molecule has 0 radical (unpaired) electrons. The fraction of sp³-hybridized carbons (Fsp3) is 0.389. The summed E-state index contributed by atoms with van der Waals surface area (Å²) in [5.74, 6) is 0.321. The Morgan fingerprint density at radius 1 is 0.867 bits per heavy atom. The van der Waals surface area contributed by atoms with Crippen molar-refractivity contribution in [3.05, 3.63) is 95.6 Å². The van der Waals surface area contributed by atoms with Crippen LogP contribution in [-0.4, -0.2) is 60.4 Å². The van der Waals surface area contributed by atoms with Crippen LogP contribution in [0.15, 0.2) is 78.9 Å². The molecule has 3 aromatic rings. The quantitative estimate of drug-likeness (QED) is 0.142. The largest absolute Gasteiger partial charge is 0.444 e. The number of carbonyl (C=O) groups excluding carboxylic acids is 4. The normalized spacial score (nSPS) is 17.1. The van der Waals surface area contributed by atoms with Crippen molar-refractivity contribution in [2.45, 2.75) is 65.0 Å². The van der Waals surface area contributed by atoms with E-state index < -0.39 is 6.09 Å². The van der Waals surface area contributed by atoms with Gasteiger partial charge in [-0.25, -0.2) is 9.59 Å². The predicted molar refractivity (Wildman–Crippen MR) is 177 cm³/mol. The van der Waals surface area contributed by atoms with Gasteiger partial charge in [-0.2, -0.15) is 0 Å². The molecule has 9 nitrogen and oxygen atoms in total. The molecular weight excluding hydrogens is 568 g/mol. The second kappa shape index (κ2) is 16.5. The standard InChI is InChI=1S/C36H44N4O5/c1-4-34(45-36(44)39-32-16-9-14-30(24-32)26(3)42)33-22-28(21-27-11-6-5-7-12-27)17-20-40(33)19-10-18-37-35(43)38-31-15-8-13-29(23-31)25(2)41/h5-9,11-16,23-24,28,33-34H,4,10,17-22H2,1-3H3,(H,39,44)(H2,37,38,43)/t28-,33-,34+/m1/s1. The lowest BCUT2D eigenvalue weighted by atomic mass is 9.83. The van der Waals surface area contributed by atoms with Gasteiger partial charge in [0, 0.05) is 41.6 Å². The summed E-state index contributed by atoms with van der Waals surface area (Å²) in [4.78, 5) is 51.3. The minimum atomic E-state index is -0.542. The number of urea groups is 1. The van der Waals surface area contributed by atoms with E-state index in [0.717, 1.165) is 38.8 Å². The molecule has 4 rings (SSSR count). The number of likely N-dealkylation sites (tertiary alicyclic amines) is 1. The summed E-state index contributed by atoms with van der Waals surface area (Å²) >= 11 is 0. The van der Waals surface area contributed by atoms with E-state index in [9.17, 15) is 19.2 Å². The number of ether oxygens (including phenoxy) is 1. The molecule has 0 bridgehead atoms. The van der Waals surface area contributed by atoms with Crippen molar-refractivity contribution in [3.63, 3.8) is 0 Å². The third-order valence-corrected chi connectivity index (χ3v) is 8.28. The number of hydrogen-bond acceptors (Lipinski definition) is 6. The Bertz CT molecular complexity index is 1460. The molecule has 238 valence electrons. The third kappa shape index (κ3) is 10.3. The zero-order valence-electron chi connectivity index (χ0n) is 26.4. The van der Waals surface area contributed by atoms with Gasteiger partial charge in [-0.3, -0.25) is 19.8 Å². The highest BCUT2D eigenvalue weighted by molar-refractivity contribution is 5.97. The Morgan fingerprint density at radius 3 is 2.13 bits per heavy atom. The molecule has 45 heavy (non-hydrogen) atoms. The van der Waals surface area contributed by atoms with Crippen LogP contribution in [0, 0.1) is 5.92 Å². The minimum Gasteiger partial charge on any atom is -0.444 e. The van der Waals surface area contributed by atoms with Gasteiger partial charge in [-0.05, 0) is 88.2 Å². The number of ketones is 2. The second-order valence-electron chi connectivity index (χ2n) is 11.7. The van der Waals surface area contributed by atoms with E-state index in [1.54, 1.807) is 48.5 Å². The van der Waals surface area contributed by atoms with E-state index in [-0.39, 0.29) is 29.7 Å². The van der Waals surface area contributed by atoms with E-state index in [1.807, 2.05) is 13.0 Å². The molecule has 3 aromatic carbocycles. The van der Waals surface area contributed by atoms with Crippen molar-refractivity contribution in [2.24, 2.45) is 5.92 Å². The molecule has 3 amide bonds. The van der Waals surface area contributed by atoms with Crippen LogP contribution in [0.3, 0.4) is 0 Å². The van der Waals surface area contributed by atoms with Gasteiger partial charge < -0.3 is 15.4 Å². The SMILES string of the molecule is CC[C@H](OC(=O)Nc1cccc(C(C)=O)c1)[C@H]1C[C@@H](Cc2ccccc2)CCN1CCCNC(=O)Nc1cccc(C(C)=O)c1. The van der Waals surface area contributed by atoms with Crippen LogP contribution in [0.25, 0.3) is 0 Å². The maximum absolute atomic E-state index is 13.0. The number of nitrogens with zero attached hydrogens (tertiary/aromatic N) is 1. The molecule has 0 unspecified atom stereocenters. The predicted octanol–water partition coefficient (Wildman–Crippen LogP) is 6.95. The average Bonchev–Trinajstić information content (AvgIpc) is 3.03. The fourth-order valence-corrected chi connectivity index (χ4v) is 5.93. The van der Waals surface area contributed by atoms with Crippen LogP contribution in [0.2, 0.25) is 0 Å². The summed E-state index contributed by atoms with van der Waals surface area (Å²) in [5.41, 5.74) is 3.45. The third-order valence-electron chi connectivity index (χ3n) is 8.28. The topological polar surface area (TPSA) is 117 Å². The summed E-state index contributed by atoms with van der Waals surface area (Å²) in [6.07, 6.45) is 3.40. The Labute approximate surface area is 265 Å². The van der Waals surface area contributed by atoms with Gasteiger partial charge in [0.25, 0.3) is 0 Å². The molecule has 1 fully saturated rings. The van der Waals surface area contributed by atoms with Crippen LogP contribution in [0.5, 0.6) is 0 Å². The summed E-state index contributed by atoms with van der Waals surface area (Å²) in [5, 5.41) is 8.50. The smallest absolute Gasteiger partial charge is 0.411 e. The van der Waals surface area contributed by atoms with E-state index >= 15 is 0 Å². The van der Waals surface area contributed by atoms with Crippen molar-refractivity contribution >= 4 is 35.1 Å². The van der Waals surface area contributed by atoms with Crippen molar-refractivity contribution in [2.75, 3.05) is 30.3 Å². The molecule has 1 heterocycles. The van der Waals surface area contributed by atoms with Crippen molar-refractivity contribution in [3.8, 4) is 0 Å². The fourth-order valence-electron chi connectivity index (χ4n) is 5.93. The molecule has 9 heteroatoms. The number of benzene rings is 3. The minimum absolute atomic E-state index is 0.0231. The first kappa shape index (κ1) is 33.4. The molecule has 1 aliphatic heterocycles. The number of Topliss-reactive ketones (excluding diaryl/α,β-unsaturated/α-hetero) is 2. The summed E-state index contributed by atoms with van der Waals surface area (Å²) in [6, 6.07) is 23.9. The Kier molecular flexibility index (Phi) is 12.3. The van der Waals surface area contributed by atoms with Crippen LogP contribution in [-0.2, 0) is 11.2 Å². The van der Waals surface area contributed by atoms with Crippen LogP contribution in [0.1, 0.15) is 72.7 Å². The maximum atomic E-state index is 13.0. The van der Waals surface area contributed by atoms with Gasteiger partial charge >= 0.3 is 12.1 Å². The summed E-state index contributed by atoms with van der Waals surface area (Å²) in [7, 11) is 0. The van der Waals surface area contributed by atoms with Gasteiger partial charge in [0.05, 0.1) is 0 Å². The van der Waals surface area contributed by atoms with Gasteiger partial charge in [0.1, 0.15) is 6.10 Å². The number of amides is 3. The number of rotatable bonds is 13. The van der Waals surface area contributed by atoms with Gasteiger partial charge in [0.15, 0.2) is 11.6 Å². The molecule has 0 aliphatic carbocycles. The van der Waals surface area contributed by atoms with Crippen LogP contribution < -0.4 is 16.0 Å². The first-order valence-corrected chi connectivity index (χ1v) is 15.7. The van der Waals surface area contributed by atoms with Crippen molar-refractivity contribution < 1.29 is 23.9 Å². The summed E-state index contributed by atoms with van der Waals surface area (Å²) in [6.45, 7) is 7.09. The Hall–Kier alpha value is -4.50. The second-order valence-corrected chi connectivity index (χ2v) is 11.7. The Balaban J connectivity index is 1.36. The number of anilines is 2. The van der Waals surface area contributed by atoms with Gasteiger partial charge in [0.2, 0.25) is 0 Å². The highest BCUT2D eigenvalue weighted by atomic mass is 16.6. The number of hydrogen-bond donors (Lipinski definition) is 3. The number of nitrogens with one attached hydrogen (secondary N) is 3. The molecule has 0 aromatic heterocycles. The van der Waals surface area contributed by atoms with Gasteiger partial charge in [-0.15, -0.1) is 0 Å². The van der Waals surface area contributed by atoms with Gasteiger partial charge in [-0.1, -0.05) is 61.5 Å². The summed E-state index contributed by atoms with van der Waals surface area (Å²) < 4.78 is 6.03.